The molecule has 0 spiro atoms. The SMILES string of the molecule is COc1ncccc1CN(C)Cc1cc(C(=O)O)c(C)o1. The summed E-state index contributed by atoms with van der Waals surface area (Å²) in [6, 6.07) is 5.36. The summed E-state index contributed by atoms with van der Waals surface area (Å²) in [7, 11) is 3.51. The highest BCUT2D eigenvalue weighted by molar-refractivity contribution is 5.88. The Morgan fingerprint density at radius 2 is 2.24 bits per heavy atom. The van der Waals surface area contributed by atoms with Crippen LogP contribution in [-0.2, 0) is 13.1 Å². The molecule has 1 N–H and O–H groups in total. The Labute approximate surface area is 123 Å². The Morgan fingerprint density at radius 1 is 1.48 bits per heavy atom. The molecule has 0 aliphatic rings. The van der Waals surface area contributed by atoms with Crippen molar-refractivity contribution >= 4 is 5.97 Å². The minimum atomic E-state index is -0.973. The first-order valence-electron chi connectivity index (χ1n) is 6.50. The van der Waals surface area contributed by atoms with Gasteiger partial charge < -0.3 is 14.3 Å². The number of nitrogens with zero attached hydrogens (tertiary/aromatic N) is 2. The molecular formula is C15H18N2O4. The standard InChI is InChI=1S/C15H18N2O4/c1-10-13(15(18)19)7-12(21-10)9-17(2)8-11-5-4-6-16-14(11)20-3/h4-7H,8-9H2,1-3H3,(H,18,19). The van der Waals surface area contributed by atoms with E-state index in [1.165, 1.54) is 0 Å². The number of aromatic nitrogens is 1. The average Bonchev–Trinajstić information content (AvgIpc) is 2.80. The van der Waals surface area contributed by atoms with Gasteiger partial charge in [0.2, 0.25) is 5.88 Å². The molecule has 0 aliphatic heterocycles. The molecule has 0 aromatic carbocycles. The van der Waals surface area contributed by atoms with E-state index in [1.807, 2.05) is 24.1 Å². The van der Waals surface area contributed by atoms with Gasteiger partial charge in [-0.2, -0.15) is 0 Å². The van der Waals surface area contributed by atoms with Crippen molar-refractivity contribution in [1.29, 1.82) is 0 Å². The number of carboxylic acids is 1. The van der Waals surface area contributed by atoms with Gasteiger partial charge in [0.1, 0.15) is 17.1 Å². The largest absolute Gasteiger partial charge is 0.481 e. The van der Waals surface area contributed by atoms with Crippen LogP contribution in [0.15, 0.2) is 28.8 Å². The fraction of sp³-hybridized carbons (Fsp3) is 0.333. The number of aromatic carboxylic acids is 1. The van der Waals surface area contributed by atoms with Crippen LogP contribution in [0.2, 0.25) is 0 Å². The van der Waals surface area contributed by atoms with Crippen LogP contribution in [0.3, 0.4) is 0 Å². The molecule has 0 aliphatic carbocycles. The van der Waals surface area contributed by atoms with E-state index in [9.17, 15) is 4.79 Å². The molecule has 0 atom stereocenters. The summed E-state index contributed by atoms with van der Waals surface area (Å²) < 4.78 is 10.7. The molecule has 6 nitrogen and oxygen atoms in total. The first-order valence-corrected chi connectivity index (χ1v) is 6.50. The molecule has 21 heavy (non-hydrogen) atoms. The first-order chi connectivity index (χ1) is 10.0. The molecular weight excluding hydrogens is 272 g/mol. The van der Waals surface area contributed by atoms with Crippen molar-refractivity contribution in [3.05, 3.63) is 47.0 Å². The van der Waals surface area contributed by atoms with Crippen LogP contribution in [-0.4, -0.2) is 35.1 Å². The number of aryl methyl sites for hydroxylation is 1. The topological polar surface area (TPSA) is 75.8 Å². The molecule has 0 radical (unpaired) electrons. The number of carbonyl (C=O) groups is 1. The second kappa shape index (κ2) is 6.41. The monoisotopic (exact) mass is 290 g/mol. The third-order valence-electron chi connectivity index (χ3n) is 3.11. The van der Waals surface area contributed by atoms with E-state index in [0.717, 1.165) is 5.56 Å². The zero-order valence-electron chi connectivity index (χ0n) is 12.3. The summed E-state index contributed by atoms with van der Waals surface area (Å²) in [5.41, 5.74) is 1.17. The number of pyridine rings is 1. The second-order valence-electron chi connectivity index (χ2n) is 4.83. The number of carboxylic acid groups (broad SMARTS) is 1. The molecule has 2 aromatic rings. The molecule has 0 saturated heterocycles. The summed E-state index contributed by atoms with van der Waals surface area (Å²) >= 11 is 0. The highest BCUT2D eigenvalue weighted by Crippen LogP contribution is 2.19. The van der Waals surface area contributed by atoms with Gasteiger partial charge >= 0.3 is 5.97 Å². The number of ether oxygens (including phenoxy) is 1. The molecule has 0 saturated carbocycles. The van der Waals surface area contributed by atoms with Crippen molar-refractivity contribution in [2.75, 3.05) is 14.2 Å². The summed E-state index contributed by atoms with van der Waals surface area (Å²) in [5.74, 6) is 0.658. The normalized spacial score (nSPS) is 10.9. The Hall–Kier alpha value is -2.34. The predicted octanol–water partition coefficient (Wildman–Crippen LogP) is 2.32. The maximum Gasteiger partial charge on any atom is 0.339 e. The van der Waals surface area contributed by atoms with Gasteiger partial charge in [-0.25, -0.2) is 9.78 Å². The van der Waals surface area contributed by atoms with Gasteiger partial charge in [-0.05, 0) is 26.1 Å². The zero-order valence-corrected chi connectivity index (χ0v) is 12.3. The highest BCUT2D eigenvalue weighted by Gasteiger charge is 2.15. The van der Waals surface area contributed by atoms with E-state index < -0.39 is 5.97 Å². The fourth-order valence-electron chi connectivity index (χ4n) is 2.17. The van der Waals surface area contributed by atoms with Crippen LogP contribution < -0.4 is 4.74 Å². The zero-order chi connectivity index (χ0) is 15.4. The minimum Gasteiger partial charge on any atom is -0.481 e. The van der Waals surface area contributed by atoms with Crippen LogP contribution >= 0.6 is 0 Å². The van der Waals surface area contributed by atoms with Gasteiger partial charge in [0.05, 0.1) is 13.7 Å². The molecule has 2 heterocycles. The molecule has 2 rings (SSSR count). The van der Waals surface area contributed by atoms with Crippen molar-refractivity contribution in [2.24, 2.45) is 0 Å². The Morgan fingerprint density at radius 3 is 2.86 bits per heavy atom. The summed E-state index contributed by atoms with van der Waals surface area (Å²) in [4.78, 5) is 17.1. The number of rotatable bonds is 6. The molecule has 0 unspecified atom stereocenters. The number of methoxy groups -OCH3 is 1. The third kappa shape index (κ3) is 3.61. The molecule has 0 amide bonds. The molecule has 0 fully saturated rings. The number of hydrogen-bond acceptors (Lipinski definition) is 5. The van der Waals surface area contributed by atoms with E-state index in [4.69, 9.17) is 14.3 Å². The summed E-state index contributed by atoms with van der Waals surface area (Å²) in [6.07, 6.45) is 1.68. The lowest BCUT2D eigenvalue weighted by Crippen LogP contribution is -2.17. The summed E-state index contributed by atoms with van der Waals surface area (Å²) in [6.45, 7) is 2.78. The van der Waals surface area contributed by atoms with Crippen molar-refractivity contribution in [2.45, 2.75) is 20.0 Å². The van der Waals surface area contributed by atoms with Gasteiger partial charge in [-0.15, -0.1) is 0 Å². The Balaban J connectivity index is 2.06. The van der Waals surface area contributed by atoms with Gasteiger partial charge in [0.25, 0.3) is 0 Å². The summed E-state index contributed by atoms with van der Waals surface area (Å²) in [5, 5.41) is 9.02. The lowest BCUT2D eigenvalue weighted by atomic mass is 10.2. The van der Waals surface area contributed by atoms with Crippen molar-refractivity contribution in [3.8, 4) is 5.88 Å². The van der Waals surface area contributed by atoms with Gasteiger partial charge in [0, 0.05) is 18.3 Å². The quantitative estimate of drug-likeness (QED) is 0.880. The van der Waals surface area contributed by atoms with Crippen LogP contribution in [0, 0.1) is 6.92 Å². The van der Waals surface area contributed by atoms with Crippen LogP contribution in [0.4, 0.5) is 0 Å². The van der Waals surface area contributed by atoms with Gasteiger partial charge in [-0.3, -0.25) is 4.90 Å². The van der Waals surface area contributed by atoms with E-state index in [1.54, 1.807) is 26.3 Å². The van der Waals surface area contributed by atoms with E-state index in [-0.39, 0.29) is 5.56 Å². The minimum absolute atomic E-state index is 0.206. The van der Waals surface area contributed by atoms with Gasteiger partial charge in [0.15, 0.2) is 0 Å². The number of hydrogen-bond donors (Lipinski definition) is 1. The van der Waals surface area contributed by atoms with E-state index >= 15 is 0 Å². The predicted molar refractivity (Wildman–Crippen MR) is 76.4 cm³/mol. The maximum absolute atomic E-state index is 11.0. The second-order valence-corrected chi connectivity index (χ2v) is 4.83. The van der Waals surface area contributed by atoms with E-state index in [2.05, 4.69) is 4.98 Å². The maximum atomic E-state index is 11.0. The van der Waals surface area contributed by atoms with Crippen LogP contribution in [0.5, 0.6) is 5.88 Å². The average molecular weight is 290 g/mol. The fourth-order valence-corrected chi connectivity index (χ4v) is 2.17. The molecule has 2 aromatic heterocycles. The van der Waals surface area contributed by atoms with Crippen LogP contribution in [0.1, 0.15) is 27.4 Å². The Kier molecular flexibility index (Phi) is 4.59. The smallest absolute Gasteiger partial charge is 0.339 e. The number of furan rings is 1. The molecule has 6 heteroatoms. The van der Waals surface area contributed by atoms with Crippen molar-refractivity contribution < 1.29 is 19.1 Å². The first kappa shape index (κ1) is 15.1. The Bertz CT molecular complexity index is 636. The van der Waals surface area contributed by atoms with E-state index in [0.29, 0.717) is 30.5 Å². The highest BCUT2D eigenvalue weighted by atomic mass is 16.5. The molecule has 0 bridgehead atoms. The lowest BCUT2D eigenvalue weighted by molar-refractivity contribution is 0.0695. The van der Waals surface area contributed by atoms with Gasteiger partial charge in [-0.1, -0.05) is 6.07 Å². The third-order valence-corrected chi connectivity index (χ3v) is 3.11. The molecule has 112 valence electrons. The lowest BCUT2D eigenvalue weighted by Gasteiger charge is -2.16. The van der Waals surface area contributed by atoms with Crippen molar-refractivity contribution in [3.63, 3.8) is 0 Å². The van der Waals surface area contributed by atoms with Crippen molar-refractivity contribution in [1.82, 2.24) is 9.88 Å². The van der Waals surface area contributed by atoms with Crippen LogP contribution in [0.25, 0.3) is 0 Å².